The Balaban J connectivity index is 2.46. The van der Waals surface area contributed by atoms with Gasteiger partial charge >= 0.3 is 5.97 Å². The maximum Gasteiger partial charge on any atom is 0.323 e. The van der Waals surface area contributed by atoms with E-state index in [-0.39, 0.29) is 28.5 Å². The van der Waals surface area contributed by atoms with Crippen molar-refractivity contribution in [3.05, 3.63) is 29.3 Å². The Morgan fingerprint density at radius 3 is 2.31 bits per heavy atom. The van der Waals surface area contributed by atoms with Crippen LogP contribution in [0.3, 0.4) is 0 Å². The highest BCUT2D eigenvalue weighted by atomic mass is 32.2. The molecule has 0 fully saturated rings. The smallest absolute Gasteiger partial charge is 0.323 e. The zero-order valence-corrected chi connectivity index (χ0v) is 15.9. The van der Waals surface area contributed by atoms with Crippen LogP contribution in [0.4, 0.5) is 0 Å². The molecule has 9 heteroatoms. The van der Waals surface area contributed by atoms with E-state index < -0.39 is 40.4 Å². The van der Waals surface area contributed by atoms with Gasteiger partial charge < -0.3 is 10.0 Å². The quantitative estimate of drug-likeness (QED) is 0.796. The minimum atomic E-state index is -4.03. The topological polar surface area (TPSA) is 112 Å². The van der Waals surface area contributed by atoms with E-state index in [0.29, 0.717) is 0 Å². The molecular weight excluding hydrogens is 360 g/mol. The van der Waals surface area contributed by atoms with Gasteiger partial charge in [0.05, 0.1) is 5.56 Å². The van der Waals surface area contributed by atoms with E-state index in [0.717, 1.165) is 15.3 Å². The van der Waals surface area contributed by atoms with E-state index in [9.17, 15) is 22.8 Å². The largest absolute Gasteiger partial charge is 0.480 e. The van der Waals surface area contributed by atoms with Gasteiger partial charge in [-0.05, 0) is 38.0 Å². The molecule has 2 rings (SSSR count). The number of amides is 2. The van der Waals surface area contributed by atoms with Gasteiger partial charge in [-0.25, -0.2) is 12.7 Å². The minimum Gasteiger partial charge on any atom is -0.480 e. The molecule has 142 valence electrons. The summed E-state index contributed by atoms with van der Waals surface area (Å²) in [5.41, 5.74) is 0.0523. The van der Waals surface area contributed by atoms with Gasteiger partial charge in [-0.1, -0.05) is 13.8 Å². The van der Waals surface area contributed by atoms with Crippen molar-refractivity contribution in [1.82, 2.24) is 9.21 Å². The lowest BCUT2D eigenvalue weighted by atomic mass is 10.1. The molecule has 0 spiro atoms. The van der Waals surface area contributed by atoms with Gasteiger partial charge in [0.2, 0.25) is 0 Å². The van der Waals surface area contributed by atoms with Crippen molar-refractivity contribution in [2.45, 2.75) is 38.6 Å². The first-order valence-electron chi connectivity index (χ1n) is 8.20. The first-order valence-corrected chi connectivity index (χ1v) is 9.64. The monoisotopic (exact) mass is 382 g/mol. The normalized spacial score (nSPS) is 15.5. The van der Waals surface area contributed by atoms with Crippen molar-refractivity contribution in [2.75, 3.05) is 13.1 Å². The van der Waals surface area contributed by atoms with Crippen molar-refractivity contribution < 1.29 is 27.9 Å². The Bertz CT molecular complexity index is 860. The Morgan fingerprint density at radius 2 is 1.81 bits per heavy atom. The summed E-state index contributed by atoms with van der Waals surface area (Å²) in [6.07, 6.45) is 0. The van der Waals surface area contributed by atoms with Gasteiger partial charge in [0.15, 0.2) is 0 Å². The molecule has 1 aliphatic rings. The molecule has 0 aliphatic carbocycles. The third-order valence-electron chi connectivity index (χ3n) is 3.86. The van der Waals surface area contributed by atoms with Crippen LogP contribution in [-0.4, -0.2) is 59.6 Å². The number of hydrogen-bond acceptors (Lipinski definition) is 5. The number of aliphatic carboxylic acids is 1. The van der Waals surface area contributed by atoms with E-state index in [4.69, 9.17) is 5.11 Å². The van der Waals surface area contributed by atoms with Crippen LogP contribution in [0.15, 0.2) is 23.1 Å². The molecule has 1 N–H and O–H groups in total. The molecule has 1 aromatic rings. The molecule has 26 heavy (non-hydrogen) atoms. The van der Waals surface area contributed by atoms with Gasteiger partial charge in [-0.3, -0.25) is 14.4 Å². The number of carboxylic acid groups (broad SMARTS) is 1. The summed E-state index contributed by atoms with van der Waals surface area (Å²) in [6, 6.07) is 3.26. The van der Waals surface area contributed by atoms with Crippen LogP contribution in [0.2, 0.25) is 0 Å². The van der Waals surface area contributed by atoms with E-state index in [1.807, 2.05) is 13.8 Å². The highest BCUT2D eigenvalue weighted by Crippen LogP contribution is 2.32. The standard InChI is InChI=1S/C17H22N2O6S/c1-10(2)8-18(9-15(20)21)16(22)12-5-6-13-14(7-12)26(24,25)19(11(3)4)17(13)23/h5-7,10-11H,8-9H2,1-4H3,(H,20,21). The Hall–Kier alpha value is -2.42. The number of carboxylic acids is 1. The first-order chi connectivity index (χ1) is 12.0. The zero-order chi connectivity index (χ0) is 19.8. The van der Waals surface area contributed by atoms with Crippen LogP contribution in [0.5, 0.6) is 0 Å². The number of benzene rings is 1. The van der Waals surface area contributed by atoms with Gasteiger partial charge in [-0.2, -0.15) is 0 Å². The average Bonchev–Trinajstić information content (AvgIpc) is 2.71. The molecule has 0 saturated heterocycles. The summed E-state index contributed by atoms with van der Waals surface area (Å²) >= 11 is 0. The molecule has 0 unspecified atom stereocenters. The third kappa shape index (κ3) is 3.57. The van der Waals surface area contributed by atoms with E-state index in [1.54, 1.807) is 13.8 Å². The van der Waals surface area contributed by atoms with Crippen LogP contribution in [0.25, 0.3) is 0 Å². The van der Waals surface area contributed by atoms with Crippen LogP contribution in [0, 0.1) is 5.92 Å². The number of carbonyl (C=O) groups excluding carboxylic acids is 2. The number of sulfonamides is 1. The second kappa shape index (κ2) is 7.06. The first kappa shape index (κ1) is 19.9. The van der Waals surface area contributed by atoms with Crippen molar-refractivity contribution in [2.24, 2.45) is 5.92 Å². The van der Waals surface area contributed by atoms with Gasteiger partial charge in [0, 0.05) is 18.2 Å². The Morgan fingerprint density at radius 1 is 1.19 bits per heavy atom. The highest BCUT2D eigenvalue weighted by molar-refractivity contribution is 7.90. The van der Waals surface area contributed by atoms with Gasteiger partial charge in [0.1, 0.15) is 11.4 Å². The van der Waals surface area contributed by atoms with Gasteiger partial charge in [-0.15, -0.1) is 0 Å². The average molecular weight is 382 g/mol. The summed E-state index contributed by atoms with van der Waals surface area (Å²) in [5.74, 6) is -2.34. The number of rotatable bonds is 6. The number of carbonyl (C=O) groups is 3. The number of fused-ring (bicyclic) bond motifs is 1. The molecule has 1 aliphatic heterocycles. The molecular formula is C17H22N2O6S. The van der Waals surface area contributed by atoms with Crippen molar-refractivity contribution >= 4 is 27.8 Å². The molecule has 8 nitrogen and oxygen atoms in total. The maximum atomic E-state index is 12.7. The predicted octanol–water partition coefficient (Wildman–Crippen LogP) is 1.42. The van der Waals surface area contributed by atoms with E-state index in [2.05, 4.69) is 0 Å². The lowest BCUT2D eigenvalue weighted by Gasteiger charge is -2.23. The molecule has 0 aromatic heterocycles. The molecule has 0 bridgehead atoms. The number of hydrogen-bond donors (Lipinski definition) is 1. The van der Waals surface area contributed by atoms with Gasteiger partial charge in [0.25, 0.3) is 21.8 Å². The molecule has 1 heterocycles. The van der Waals surface area contributed by atoms with E-state index in [1.165, 1.54) is 12.1 Å². The molecule has 0 radical (unpaired) electrons. The van der Waals surface area contributed by atoms with Crippen molar-refractivity contribution in [1.29, 1.82) is 0 Å². The summed E-state index contributed by atoms with van der Waals surface area (Å²) in [7, 11) is -4.03. The van der Waals surface area contributed by atoms with Crippen molar-refractivity contribution in [3.63, 3.8) is 0 Å². The van der Waals surface area contributed by atoms with E-state index >= 15 is 0 Å². The summed E-state index contributed by atoms with van der Waals surface area (Å²) in [4.78, 5) is 37.0. The summed E-state index contributed by atoms with van der Waals surface area (Å²) < 4.78 is 26.0. The second-order valence-corrected chi connectivity index (χ2v) is 8.67. The summed E-state index contributed by atoms with van der Waals surface area (Å²) in [5, 5.41) is 9.02. The van der Waals surface area contributed by atoms with Crippen LogP contribution < -0.4 is 0 Å². The van der Waals surface area contributed by atoms with Crippen LogP contribution in [0.1, 0.15) is 48.4 Å². The Labute approximate surface area is 152 Å². The second-order valence-electron chi connectivity index (χ2n) is 6.88. The lowest BCUT2D eigenvalue weighted by Crippen LogP contribution is -2.38. The zero-order valence-electron chi connectivity index (χ0n) is 15.1. The van der Waals surface area contributed by atoms with Crippen molar-refractivity contribution in [3.8, 4) is 0 Å². The third-order valence-corrected chi connectivity index (χ3v) is 5.86. The predicted molar refractivity (Wildman–Crippen MR) is 93.3 cm³/mol. The molecule has 1 aromatic carbocycles. The molecule has 0 saturated carbocycles. The maximum absolute atomic E-state index is 12.7. The van der Waals surface area contributed by atoms with Crippen LogP contribution in [-0.2, 0) is 14.8 Å². The SMILES string of the molecule is CC(C)CN(CC(=O)O)C(=O)c1ccc2c(c1)S(=O)(=O)N(C(C)C)C2=O. The molecule has 0 atom stereocenters. The molecule has 2 amide bonds. The lowest BCUT2D eigenvalue weighted by molar-refractivity contribution is -0.137. The fourth-order valence-electron chi connectivity index (χ4n) is 2.90. The fourth-order valence-corrected chi connectivity index (χ4v) is 4.69. The Kier molecular flexibility index (Phi) is 5.41. The highest BCUT2D eigenvalue weighted by Gasteiger charge is 2.43. The summed E-state index contributed by atoms with van der Waals surface area (Å²) in [6.45, 7) is 6.59. The minimum absolute atomic E-state index is 0.0175. The number of nitrogens with zero attached hydrogens (tertiary/aromatic N) is 2. The fraction of sp³-hybridized carbons (Fsp3) is 0.471. The van der Waals surface area contributed by atoms with Crippen LogP contribution >= 0.6 is 0 Å².